The first-order valence-corrected chi connectivity index (χ1v) is 7.34. The molecule has 1 fully saturated rings. The quantitative estimate of drug-likeness (QED) is 0.910. The largest absolute Gasteiger partial charge is 0.480 e. The Kier molecular flexibility index (Phi) is 4.28. The number of carbonyl (C=O) groups excluding carboxylic acids is 1. The normalized spacial score (nSPS) is 22.6. The molecule has 0 bridgehead atoms. The van der Waals surface area contributed by atoms with Crippen LogP contribution in [0.3, 0.4) is 0 Å². The van der Waals surface area contributed by atoms with Gasteiger partial charge in [0.25, 0.3) is 5.91 Å². The van der Waals surface area contributed by atoms with E-state index in [1.54, 1.807) is 13.0 Å². The molecule has 19 heavy (non-hydrogen) atoms. The minimum atomic E-state index is -1.00. The second kappa shape index (κ2) is 5.61. The van der Waals surface area contributed by atoms with Gasteiger partial charge in [0.1, 0.15) is 6.04 Å². The van der Waals surface area contributed by atoms with E-state index >= 15 is 0 Å². The predicted octanol–water partition coefficient (Wildman–Crippen LogP) is 2.98. The highest BCUT2D eigenvalue weighted by molar-refractivity contribution is 8.00. The van der Waals surface area contributed by atoms with Crippen LogP contribution in [0.25, 0.3) is 0 Å². The zero-order valence-electron chi connectivity index (χ0n) is 9.97. The van der Waals surface area contributed by atoms with E-state index in [1.165, 1.54) is 28.8 Å². The van der Waals surface area contributed by atoms with Crippen LogP contribution in [0.5, 0.6) is 0 Å². The first-order chi connectivity index (χ1) is 8.91. The van der Waals surface area contributed by atoms with Crippen molar-refractivity contribution in [3.05, 3.63) is 33.8 Å². The van der Waals surface area contributed by atoms with Crippen molar-refractivity contribution in [2.75, 3.05) is 5.75 Å². The van der Waals surface area contributed by atoms with Crippen molar-refractivity contribution >= 4 is 46.8 Å². The molecule has 2 rings (SSSR count). The summed E-state index contributed by atoms with van der Waals surface area (Å²) in [6.45, 7) is 1.80. The van der Waals surface area contributed by atoms with E-state index in [2.05, 4.69) is 0 Å². The van der Waals surface area contributed by atoms with Crippen LogP contribution in [0, 0.1) is 0 Å². The second-order valence-corrected chi connectivity index (χ2v) is 6.32. The molecule has 7 heteroatoms. The molecule has 1 N–H and O–H groups in total. The molecular weight excluding hydrogens is 309 g/mol. The van der Waals surface area contributed by atoms with E-state index in [0.717, 1.165) is 0 Å². The zero-order valence-corrected chi connectivity index (χ0v) is 12.3. The average molecular weight is 320 g/mol. The topological polar surface area (TPSA) is 57.6 Å². The van der Waals surface area contributed by atoms with E-state index in [4.69, 9.17) is 28.3 Å². The molecule has 1 saturated heterocycles. The Hall–Kier alpha value is -0.910. The van der Waals surface area contributed by atoms with Gasteiger partial charge in [-0.3, -0.25) is 4.79 Å². The lowest BCUT2D eigenvalue weighted by molar-refractivity contribution is -0.141. The molecule has 1 aromatic carbocycles. The van der Waals surface area contributed by atoms with Crippen molar-refractivity contribution in [3.63, 3.8) is 0 Å². The summed E-state index contributed by atoms with van der Waals surface area (Å²) in [5.74, 6) is -1.00. The molecule has 102 valence electrons. The van der Waals surface area contributed by atoms with E-state index in [1.807, 2.05) is 0 Å². The lowest BCUT2D eigenvalue weighted by Crippen LogP contribution is -2.44. The predicted molar refractivity (Wildman–Crippen MR) is 76.0 cm³/mol. The zero-order chi connectivity index (χ0) is 14.2. The molecule has 1 amide bonds. The fourth-order valence-corrected chi connectivity index (χ4v) is 3.60. The summed E-state index contributed by atoms with van der Waals surface area (Å²) in [6, 6.07) is 3.73. The summed E-state index contributed by atoms with van der Waals surface area (Å²) in [5.41, 5.74) is 0.270. The van der Waals surface area contributed by atoms with Gasteiger partial charge in [-0.15, -0.1) is 11.8 Å². The van der Waals surface area contributed by atoms with E-state index in [-0.39, 0.29) is 21.9 Å². The molecule has 1 aliphatic heterocycles. The average Bonchev–Trinajstić information content (AvgIpc) is 2.70. The van der Waals surface area contributed by atoms with Gasteiger partial charge in [-0.2, -0.15) is 0 Å². The Morgan fingerprint density at radius 2 is 2.11 bits per heavy atom. The maximum Gasteiger partial charge on any atom is 0.327 e. The van der Waals surface area contributed by atoms with Crippen LogP contribution in [-0.2, 0) is 4.79 Å². The summed E-state index contributed by atoms with van der Waals surface area (Å²) in [7, 11) is 0. The number of thioether (sulfide) groups is 1. The Labute approximate surface area is 124 Å². The Bertz CT molecular complexity index is 538. The summed E-state index contributed by atoms with van der Waals surface area (Å²) in [4.78, 5) is 24.9. The highest BCUT2D eigenvalue weighted by atomic mass is 35.5. The van der Waals surface area contributed by atoms with Gasteiger partial charge in [0.15, 0.2) is 0 Å². The van der Waals surface area contributed by atoms with Gasteiger partial charge in [-0.05, 0) is 25.1 Å². The Balaban J connectivity index is 2.34. The number of carboxylic acid groups (broad SMARTS) is 1. The maximum atomic E-state index is 12.4. The molecule has 0 spiro atoms. The molecule has 2 atom stereocenters. The molecule has 0 radical (unpaired) electrons. The fraction of sp³-hybridized carbons (Fsp3) is 0.333. The van der Waals surface area contributed by atoms with Crippen LogP contribution in [0.15, 0.2) is 18.2 Å². The van der Waals surface area contributed by atoms with Crippen molar-refractivity contribution < 1.29 is 14.7 Å². The van der Waals surface area contributed by atoms with E-state index in [9.17, 15) is 9.59 Å². The van der Waals surface area contributed by atoms with Crippen LogP contribution in [0.1, 0.15) is 17.3 Å². The van der Waals surface area contributed by atoms with Crippen molar-refractivity contribution in [1.29, 1.82) is 0 Å². The number of nitrogens with zero attached hydrogens (tertiary/aromatic N) is 1. The second-order valence-electron chi connectivity index (χ2n) is 4.12. The molecule has 1 aliphatic rings. The number of hydrogen-bond acceptors (Lipinski definition) is 3. The summed E-state index contributed by atoms with van der Waals surface area (Å²) >= 11 is 13.2. The van der Waals surface area contributed by atoms with Gasteiger partial charge in [0.2, 0.25) is 0 Å². The SMILES string of the molecule is CC1SCC(C(=O)O)N1C(=O)c1ccc(Cl)cc1Cl. The van der Waals surface area contributed by atoms with Gasteiger partial charge < -0.3 is 10.0 Å². The number of aliphatic carboxylic acids is 1. The lowest BCUT2D eigenvalue weighted by Gasteiger charge is -2.25. The van der Waals surface area contributed by atoms with E-state index in [0.29, 0.717) is 10.8 Å². The van der Waals surface area contributed by atoms with Crippen molar-refractivity contribution in [2.24, 2.45) is 0 Å². The minimum Gasteiger partial charge on any atom is -0.480 e. The van der Waals surface area contributed by atoms with Gasteiger partial charge in [0.05, 0.1) is 16.0 Å². The van der Waals surface area contributed by atoms with Gasteiger partial charge >= 0.3 is 5.97 Å². The van der Waals surface area contributed by atoms with Gasteiger partial charge in [0, 0.05) is 10.8 Å². The molecule has 0 aliphatic carbocycles. The minimum absolute atomic E-state index is 0.194. The molecule has 2 unspecified atom stereocenters. The highest BCUT2D eigenvalue weighted by Gasteiger charge is 2.40. The van der Waals surface area contributed by atoms with Gasteiger partial charge in [-0.25, -0.2) is 4.79 Å². The maximum absolute atomic E-state index is 12.4. The summed E-state index contributed by atoms with van der Waals surface area (Å²) in [5, 5.41) is 9.61. The third-order valence-electron chi connectivity index (χ3n) is 2.90. The van der Waals surface area contributed by atoms with Crippen LogP contribution in [0.4, 0.5) is 0 Å². The number of benzene rings is 1. The lowest BCUT2D eigenvalue weighted by atomic mass is 10.1. The molecule has 1 aromatic rings. The Morgan fingerprint density at radius 1 is 1.42 bits per heavy atom. The molecule has 0 aromatic heterocycles. The third-order valence-corrected chi connectivity index (χ3v) is 4.67. The van der Waals surface area contributed by atoms with Crippen LogP contribution in [-0.4, -0.2) is 39.1 Å². The van der Waals surface area contributed by atoms with Crippen LogP contribution < -0.4 is 0 Å². The molecule has 4 nitrogen and oxygen atoms in total. The first-order valence-electron chi connectivity index (χ1n) is 5.54. The summed E-state index contributed by atoms with van der Waals surface area (Å²) in [6.07, 6.45) is 0. The molecular formula is C12H11Cl2NO3S. The number of carboxylic acids is 1. The van der Waals surface area contributed by atoms with E-state index < -0.39 is 12.0 Å². The van der Waals surface area contributed by atoms with Crippen LogP contribution >= 0.6 is 35.0 Å². The standard InChI is InChI=1S/C12H11Cl2NO3S/c1-6-15(10(5-19-6)12(17)18)11(16)8-3-2-7(13)4-9(8)14/h2-4,6,10H,5H2,1H3,(H,17,18). The van der Waals surface area contributed by atoms with Crippen molar-refractivity contribution in [2.45, 2.75) is 18.3 Å². The smallest absolute Gasteiger partial charge is 0.327 e. The van der Waals surface area contributed by atoms with Crippen LogP contribution in [0.2, 0.25) is 10.0 Å². The Morgan fingerprint density at radius 3 is 2.68 bits per heavy atom. The monoisotopic (exact) mass is 319 g/mol. The number of halogens is 2. The van der Waals surface area contributed by atoms with Gasteiger partial charge in [-0.1, -0.05) is 23.2 Å². The number of carbonyl (C=O) groups is 2. The van der Waals surface area contributed by atoms with Crippen molar-refractivity contribution in [1.82, 2.24) is 4.90 Å². The third kappa shape index (κ3) is 2.83. The number of hydrogen-bond donors (Lipinski definition) is 1. The van der Waals surface area contributed by atoms with Crippen molar-refractivity contribution in [3.8, 4) is 0 Å². The number of amides is 1. The number of rotatable bonds is 2. The molecule has 0 saturated carbocycles. The molecule has 1 heterocycles. The highest BCUT2D eigenvalue weighted by Crippen LogP contribution is 2.32. The first kappa shape index (κ1) is 14.5. The fourth-order valence-electron chi connectivity index (χ4n) is 1.94. The summed E-state index contributed by atoms with van der Waals surface area (Å²) < 4.78 is 0.